The Bertz CT molecular complexity index is 434. The third-order valence-electron chi connectivity index (χ3n) is 3.60. The normalized spacial score (nSPS) is 20.5. The Kier molecular flexibility index (Phi) is 4.90. The molecule has 1 fully saturated rings. The van der Waals surface area contributed by atoms with Gasteiger partial charge >= 0.3 is 0 Å². The van der Waals surface area contributed by atoms with Crippen molar-refractivity contribution in [2.45, 2.75) is 25.3 Å². The third kappa shape index (κ3) is 3.52. The van der Waals surface area contributed by atoms with Gasteiger partial charge in [0.15, 0.2) is 0 Å². The first-order chi connectivity index (χ1) is 9.11. The Balaban J connectivity index is 2.01. The van der Waals surface area contributed by atoms with Gasteiger partial charge in [0.05, 0.1) is 5.01 Å². The highest BCUT2D eigenvalue weighted by Crippen LogP contribution is 2.17. The van der Waals surface area contributed by atoms with Crippen LogP contribution in [0.5, 0.6) is 0 Å². The molecule has 0 aliphatic carbocycles. The van der Waals surface area contributed by atoms with Crippen LogP contribution < -0.4 is 5.73 Å². The summed E-state index contributed by atoms with van der Waals surface area (Å²) in [6.07, 6.45) is 2.97. The van der Waals surface area contributed by atoms with Gasteiger partial charge in [-0.15, -0.1) is 11.3 Å². The number of thiazole rings is 1. The number of nitrogens with two attached hydrogens (primary N) is 1. The molecule has 1 aliphatic rings. The fraction of sp³-hybridized carbons (Fsp3) is 0.692. The van der Waals surface area contributed by atoms with Crippen molar-refractivity contribution in [3.63, 3.8) is 0 Å². The molecule has 0 radical (unpaired) electrons. The summed E-state index contributed by atoms with van der Waals surface area (Å²) in [6.45, 7) is 2.64. The van der Waals surface area contributed by atoms with Crippen LogP contribution in [-0.2, 0) is 6.42 Å². The summed E-state index contributed by atoms with van der Waals surface area (Å²) >= 11 is 1.52. The number of likely N-dealkylation sites (N-methyl/N-ethyl adjacent to an activating group) is 2. The molecule has 1 saturated heterocycles. The highest BCUT2D eigenvalue weighted by Gasteiger charge is 2.26. The molecule has 1 amide bonds. The van der Waals surface area contributed by atoms with E-state index in [9.17, 15) is 4.79 Å². The molecular formula is C13H22N4OS. The molecule has 106 valence electrons. The number of carbonyl (C=O) groups is 1. The lowest BCUT2D eigenvalue weighted by Gasteiger charge is -2.35. The van der Waals surface area contributed by atoms with E-state index in [-0.39, 0.29) is 5.91 Å². The second-order valence-electron chi connectivity index (χ2n) is 5.14. The summed E-state index contributed by atoms with van der Waals surface area (Å²) < 4.78 is 0. The maximum absolute atomic E-state index is 12.4. The topological polar surface area (TPSA) is 62.5 Å². The Morgan fingerprint density at radius 2 is 2.47 bits per heavy atom. The first-order valence-corrected chi connectivity index (χ1v) is 7.60. The Morgan fingerprint density at radius 1 is 1.68 bits per heavy atom. The summed E-state index contributed by atoms with van der Waals surface area (Å²) in [4.78, 5) is 20.9. The highest BCUT2D eigenvalue weighted by molar-refractivity contribution is 7.09. The summed E-state index contributed by atoms with van der Waals surface area (Å²) in [5.74, 6) is 0.0276. The van der Waals surface area contributed by atoms with Crippen LogP contribution in [0.4, 0.5) is 0 Å². The monoisotopic (exact) mass is 282 g/mol. The molecule has 1 aromatic heterocycles. The molecule has 0 aromatic carbocycles. The standard InChI is InChI=1S/C13H22N4OS/c1-16-7-3-4-10(8-16)17(2)13(18)11-9-19-12(15-11)5-6-14/h9-10H,3-8,14H2,1-2H3. The van der Waals surface area contributed by atoms with E-state index in [4.69, 9.17) is 5.73 Å². The smallest absolute Gasteiger partial charge is 0.273 e. The van der Waals surface area contributed by atoms with E-state index in [1.807, 2.05) is 17.3 Å². The molecule has 1 aliphatic heterocycles. The molecule has 0 saturated carbocycles. The number of rotatable bonds is 4. The second kappa shape index (κ2) is 6.45. The van der Waals surface area contributed by atoms with E-state index < -0.39 is 0 Å². The van der Waals surface area contributed by atoms with Crippen LogP contribution in [-0.4, -0.2) is 60.5 Å². The van der Waals surface area contributed by atoms with Gasteiger partial charge in [-0.25, -0.2) is 4.98 Å². The molecule has 5 nitrogen and oxygen atoms in total. The lowest BCUT2D eigenvalue weighted by molar-refractivity contribution is 0.0639. The van der Waals surface area contributed by atoms with Gasteiger partial charge in [-0.2, -0.15) is 0 Å². The van der Waals surface area contributed by atoms with Crippen LogP contribution in [0.25, 0.3) is 0 Å². The van der Waals surface area contributed by atoms with Crippen molar-refractivity contribution in [2.75, 3.05) is 33.7 Å². The number of aromatic nitrogens is 1. The molecule has 1 unspecified atom stereocenters. The fourth-order valence-corrected chi connectivity index (χ4v) is 3.24. The van der Waals surface area contributed by atoms with Gasteiger partial charge in [0.1, 0.15) is 5.69 Å². The van der Waals surface area contributed by atoms with Gasteiger partial charge in [-0.1, -0.05) is 0 Å². The maximum atomic E-state index is 12.4. The van der Waals surface area contributed by atoms with E-state index in [1.165, 1.54) is 11.3 Å². The first-order valence-electron chi connectivity index (χ1n) is 6.72. The summed E-state index contributed by atoms with van der Waals surface area (Å²) in [5.41, 5.74) is 6.06. The van der Waals surface area contributed by atoms with Crippen LogP contribution in [0.15, 0.2) is 5.38 Å². The molecule has 2 N–H and O–H groups in total. The lowest BCUT2D eigenvalue weighted by Crippen LogP contribution is -2.47. The Morgan fingerprint density at radius 3 is 3.16 bits per heavy atom. The van der Waals surface area contributed by atoms with Gasteiger partial charge in [-0.05, 0) is 33.0 Å². The molecule has 19 heavy (non-hydrogen) atoms. The van der Waals surface area contributed by atoms with E-state index in [0.29, 0.717) is 18.3 Å². The van der Waals surface area contributed by atoms with E-state index in [1.54, 1.807) is 0 Å². The SMILES string of the molecule is CN1CCCC(N(C)C(=O)c2csc(CCN)n2)C1. The van der Waals surface area contributed by atoms with Crippen LogP contribution in [0, 0.1) is 0 Å². The van der Waals surface area contributed by atoms with E-state index in [0.717, 1.165) is 37.4 Å². The zero-order chi connectivity index (χ0) is 13.8. The van der Waals surface area contributed by atoms with E-state index >= 15 is 0 Å². The van der Waals surface area contributed by atoms with Crippen molar-refractivity contribution in [3.05, 3.63) is 16.1 Å². The van der Waals surface area contributed by atoms with Crippen LogP contribution >= 0.6 is 11.3 Å². The minimum Gasteiger partial charge on any atom is -0.336 e. The molecule has 1 atom stereocenters. The van der Waals surface area contributed by atoms with Crippen molar-refractivity contribution in [3.8, 4) is 0 Å². The van der Waals surface area contributed by atoms with Gasteiger partial charge in [0, 0.05) is 31.4 Å². The number of hydrogen-bond donors (Lipinski definition) is 1. The molecule has 2 rings (SSSR count). The zero-order valence-electron chi connectivity index (χ0n) is 11.6. The predicted octanol–water partition coefficient (Wildman–Crippen LogP) is 0.810. The van der Waals surface area contributed by atoms with Gasteiger partial charge in [0.25, 0.3) is 5.91 Å². The quantitative estimate of drug-likeness (QED) is 0.888. The average Bonchev–Trinajstić information content (AvgIpc) is 2.86. The number of nitrogens with zero attached hydrogens (tertiary/aromatic N) is 3. The first kappa shape index (κ1) is 14.4. The molecular weight excluding hydrogens is 260 g/mol. The molecule has 1 aromatic rings. The van der Waals surface area contributed by atoms with Gasteiger partial charge in [0.2, 0.25) is 0 Å². The molecule has 2 heterocycles. The van der Waals surface area contributed by atoms with Crippen LogP contribution in [0.2, 0.25) is 0 Å². The summed E-state index contributed by atoms with van der Waals surface area (Å²) in [5, 5.41) is 2.79. The number of piperidine rings is 1. The van der Waals surface area contributed by atoms with E-state index in [2.05, 4.69) is 16.9 Å². The molecule has 6 heteroatoms. The Hall–Kier alpha value is -0.980. The predicted molar refractivity (Wildman–Crippen MR) is 77.5 cm³/mol. The van der Waals surface area contributed by atoms with Crippen molar-refractivity contribution in [1.82, 2.24) is 14.8 Å². The van der Waals surface area contributed by atoms with Crippen molar-refractivity contribution < 1.29 is 4.79 Å². The average molecular weight is 282 g/mol. The zero-order valence-corrected chi connectivity index (χ0v) is 12.4. The molecule has 0 spiro atoms. The largest absolute Gasteiger partial charge is 0.336 e. The van der Waals surface area contributed by atoms with Crippen LogP contribution in [0.3, 0.4) is 0 Å². The lowest BCUT2D eigenvalue weighted by atomic mass is 10.0. The third-order valence-corrected chi connectivity index (χ3v) is 4.51. The summed E-state index contributed by atoms with van der Waals surface area (Å²) in [6, 6.07) is 0.297. The van der Waals surface area contributed by atoms with Gasteiger partial charge < -0.3 is 15.5 Å². The second-order valence-corrected chi connectivity index (χ2v) is 6.08. The minimum atomic E-state index is 0.0276. The number of carbonyl (C=O) groups excluding carboxylic acids is 1. The van der Waals surface area contributed by atoms with Crippen molar-refractivity contribution in [2.24, 2.45) is 5.73 Å². The number of likely N-dealkylation sites (tertiary alicyclic amines) is 1. The highest BCUT2D eigenvalue weighted by atomic mass is 32.1. The number of amides is 1. The molecule has 0 bridgehead atoms. The maximum Gasteiger partial charge on any atom is 0.273 e. The minimum absolute atomic E-state index is 0.0276. The van der Waals surface area contributed by atoms with Crippen molar-refractivity contribution >= 4 is 17.2 Å². The Labute approximate surface area is 118 Å². The van der Waals surface area contributed by atoms with Crippen LogP contribution in [0.1, 0.15) is 28.3 Å². The van der Waals surface area contributed by atoms with Gasteiger partial charge in [-0.3, -0.25) is 4.79 Å². The summed E-state index contributed by atoms with van der Waals surface area (Å²) in [7, 11) is 3.99. The fourth-order valence-electron chi connectivity index (χ4n) is 2.45. The van der Waals surface area contributed by atoms with Crippen molar-refractivity contribution in [1.29, 1.82) is 0 Å². The number of hydrogen-bond acceptors (Lipinski definition) is 5.